The third-order valence-electron chi connectivity index (χ3n) is 3.70. The molecule has 2 rings (SSSR count). The lowest BCUT2D eigenvalue weighted by atomic mass is 10.2. The zero-order valence-corrected chi connectivity index (χ0v) is 15.5. The van der Waals surface area contributed by atoms with E-state index in [2.05, 4.69) is 5.32 Å². The number of benzene rings is 2. The van der Waals surface area contributed by atoms with Crippen LogP contribution >= 0.6 is 0 Å². The molecule has 0 aliphatic carbocycles. The van der Waals surface area contributed by atoms with E-state index in [1.54, 1.807) is 18.2 Å². The van der Waals surface area contributed by atoms with Gasteiger partial charge in [-0.05, 0) is 44.2 Å². The van der Waals surface area contributed by atoms with Crippen molar-refractivity contribution in [2.45, 2.75) is 26.9 Å². The molecule has 2 aromatic rings. The highest BCUT2D eigenvalue weighted by molar-refractivity contribution is 5.95. The summed E-state index contributed by atoms with van der Waals surface area (Å²) in [5.41, 5.74) is 0.604. The van der Waals surface area contributed by atoms with Crippen LogP contribution in [0.15, 0.2) is 42.5 Å². The van der Waals surface area contributed by atoms with Gasteiger partial charge in [-0.25, -0.2) is 8.78 Å². The Hall–Kier alpha value is -2.96. The highest BCUT2D eigenvalue weighted by Crippen LogP contribution is 2.28. The molecule has 0 heterocycles. The third kappa shape index (κ3) is 5.51. The lowest BCUT2D eigenvalue weighted by Gasteiger charge is -2.24. The van der Waals surface area contributed by atoms with E-state index in [9.17, 15) is 18.4 Å². The molecule has 5 nitrogen and oxygen atoms in total. The molecular weight excluding hydrogens is 354 g/mol. The molecule has 0 unspecified atom stereocenters. The van der Waals surface area contributed by atoms with Gasteiger partial charge >= 0.3 is 0 Å². The van der Waals surface area contributed by atoms with Gasteiger partial charge in [-0.3, -0.25) is 9.59 Å². The summed E-state index contributed by atoms with van der Waals surface area (Å²) >= 11 is 0. The molecule has 27 heavy (non-hydrogen) atoms. The lowest BCUT2D eigenvalue weighted by Crippen LogP contribution is -2.38. The zero-order valence-electron chi connectivity index (χ0n) is 15.5. The predicted octanol–water partition coefficient (Wildman–Crippen LogP) is 3.53. The number of anilines is 1. The molecule has 0 saturated heterocycles. The van der Waals surface area contributed by atoms with Crippen LogP contribution in [-0.2, 0) is 4.79 Å². The Balaban J connectivity index is 2.06. The van der Waals surface area contributed by atoms with Crippen LogP contribution in [0.2, 0.25) is 0 Å². The maximum absolute atomic E-state index is 13.2. The fourth-order valence-corrected chi connectivity index (χ4v) is 2.50. The van der Waals surface area contributed by atoms with E-state index < -0.39 is 17.5 Å². The fraction of sp³-hybridized carbons (Fsp3) is 0.300. The minimum atomic E-state index is -1.09. The minimum absolute atomic E-state index is 0.00631. The number of rotatable bonds is 7. The van der Waals surface area contributed by atoms with Gasteiger partial charge in [-0.15, -0.1) is 0 Å². The molecule has 0 aliphatic heterocycles. The fourth-order valence-electron chi connectivity index (χ4n) is 2.50. The molecule has 144 valence electrons. The first-order chi connectivity index (χ1) is 12.8. The van der Waals surface area contributed by atoms with Crippen molar-refractivity contribution >= 4 is 17.5 Å². The molecule has 1 N–H and O–H groups in total. The van der Waals surface area contributed by atoms with Crippen LogP contribution in [0.4, 0.5) is 14.5 Å². The Morgan fingerprint density at radius 3 is 2.44 bits per heavy atom. The standard InChI is InChI=1S/C20H22F2N2O3/c1-13(2)27-19-7-5-4-6-18(19)24(14(3)25)11-10-23-20(26)15-8-9-16(21)17(22)12-15/h4-9,12-13H,10-11H2,1-3H3,(H,23,26). The number of ether oxygens (including phenoxy) is 1. The Morgan fingerprint density at radius 1 is 1.11 bits per heavy atom. The smallest absolute Gasteiger partial charge is 0.251 e. The molecule has 2 amide bonds. The Kier molecular flexibility index (Phi) is 6.87. The average Bonchev–Trinajstić information content (AvgIpc) is 2.61. The second-order valence-corrected chi connectivity index (χ2v) is 6.19. The van der Waals surface area contributed by atoms with Crippen molar-refractivity contribution in [3.8, 4) is 5.75 Å². The normalized spacial score (nSPS) is 10.6. The van der Waals surface area contributed by atoms with E-state index in [0.29, 0.717) is 11.4 Å². The summed E-state index contributed by atoms with van der Waals surface area (Å²) in [7, 11) is 0. The summed E-state index contributed by atoms with van der Waals surface area (Å²) in [5.74, 6) is -2.31. The molecule has 0 fully saturated rings. The summed E-state index contributed by atoms with van der Waals surface area (Å²) in [5, 5.41) is 2.60. The van der Waals surface area contributed by atoms with Crippen LogP contribution in [0.5, 0.6) is 5.75 Å². The minimum Gasteiger partial charge on any atom is -0.489 e. The van der Waals surface area contributed by atoms with Crippen LogP contribution in [-0.4, -0.2) is 31.0 Å². The molecule has 0 aliphatic rings. The molecule has 0 spiro atoms. The van der Waals surface area contributed by atoms with Gasteiger partial charge in [0.15, 0.2) is 11.6 Å². The SMILES string of the molecule is CC(=O)N(CCNC(=O)c1ccc(F)c(F)c1)c1ccccc1OC(C)C. The van der Waals surface area contributed by atoms with E-state index in [-0.39, 0.29) is 30.7 Å². The molecule has 0 aromatic heterocycles. The largest absolute Gasteiger partial charge is 0.489 e. The van der Waals surface area contributed by atoms with Gasteiger partial charge in [-0.2, -0.15) is 0 Å². The summed E-state index contributed by atoms with van der Waals surface area (Å²) in [6, 6.07) is 10.1. The van der Waals surface area contributed by atoms with Crippen LogP contribution < -0.4 is 15.0 Å². The highest BCUT2D eigenvalue weighted by Gasteiger charge is 2.17. The third-order valence-corrected chi connectivity index (χ3v) is 3.70. The van der Waals surface area contributed by atoms with Gasteiger partial charge in [-0.1, -0.05) is 12.1 Å². The Labute approximate surface area is 156 Å². The Bertz CT molecular complexity index is 825. The molecule has 0 saturated carbocycles. The predicted molar refractivity (Wildman–Crippen MR) is 98.9 cm³/mol. The number of para-hydroxylation sites is 2. The van der Waals surface area contributed by atoms with E-state index in [1.165, 1.54) is 17.9 Å². The van der Waals surface area contributed by atoms with Crippen molar-refractivity contribution in [1.29, 1.82) is 0 Å². The van der Waals surface area contributed by atoms with Gasteiger partial charge in [0.2, 0.25) is 5.91 Å². The van der Waals surface area contributed by atoms with Crippen molar-refractivity contribution < 1.29 is 23.1 Å². The van der Waals surface area contributed by atoms with Crippen molar-refractivity contribution in [1.82, 2.24) is 5.32 Å². The highest BCUT2D eigenvalue weighted by atomic mass is 19.2. The maximum Gasteiger partial charge on any atom is 0.251 e. The molecular formula is C20H22F2N2O3. The van der Waals surface area contributed by atoms with E-state index in [1.807, 2.05) is 19.9 Å². The molecule has 0 atom stereocenters. The van der Waals surface area contributed by atoms with E-state index in [4.69, 9.17) is 4.74 Å². The second-order valence-electron chi connectivity index (χ2n) is 6.19. The summed E-state index contributed by atoms with van der Waals surface area (Å²) < 4.78 is 31.9. The molecule has 0 radical (unpaired) electrons. The number of carbonyl (C=O) groups excluding carboxylic acids is 2. The second kappa shape index (κ2) is 9.12. The first kappa shape index (κ1) is 20.4. The number of nitrogens with one attached hydrogen (secondary N) is 1. The van der Waals surface area contributed by atoms with Crippen LogP contribution in [0.3, 0.4) is 0 Å². The number of hydrogen-bond donors (Lipinski definition) is 1. The van der Waals surface area contributed by atoms with Crippen LogP contribution in [0, 0.1) is 11.6 Å². The number of nitrogens with zero attached hydrogens (tertiary/aromatic N) is 1. The van der Waals surface area contributed by atoms with Crippen LogP contribution in [0.25, 0.3) is 0 Å². The quantitative estimate of drug-likeness (QED) is 0.804. The Morgan fingerprint density at radius 2 is 1.81 bits per heavy atom. The maximum atomic E-state index is 13.2. The first-order valence-electron chi connectivity index (χ1n) is 8.56. The summed E-state index contributed by atoms with van der Waals surface area (Å²) in [6.45, 7) is 5.52. The zero-order chi connectivity index (χ0) is 20.0. The van der Waals surface area contributed by atoms with Crippen molar-refractivity contribution in [3.05, 3.63) is 59.7 Å². The summed E-state index contributed by atoms with van der Waals surface area (Å²) in [6.07, 6.45) is -0.0620. The molecule has 7 heteroatoms. The van der Waals surface area contributed by atoms with Gasteiger partial charge in [0.1, 0.15) is 5.75 Å². The van der Waals surface area contributed by atoms with Gasteiger partial charge in [0.05, 0.1) is 11.8 Å². The van der Waals surface area contributed by atoms with Gasteiger partial charge in [0.25, 0.3) is 5.91 Å². The van der Waals surface area contributed by atoms with Crippen molar-refractivity contribution in [3.63, 3.8) is 0 Å². The van der Waals surface area contributed by atoms with E-state index in [0.717, 1.165) is 12.1 Å². The van der Waals surface area contributed by atoms with Crippen molar-refractivity contribution in [2.24, 2.45) is 0 Å². The van der Waals surface area contributed by atoms with Gasteiger partial charge in [0, 0.05) is 25.6 Å². The van der Waals surface area contributed by atoms with Crippen LogP contribution in [0.1, 0.15) is 31.1 Å². The topological polar surface area (TPSA) is 58.6 Å². The monoisotopic (exact) mass is 376 g/mol. The number of halogens is 2. The summed E-state index contributed by atoms with van der Waals surface area (Å²) in [4.78, 5) is 25.6. The molecule has 0 bridgehead atoms. The molecule has 2 aromatic carbocycles. The average molecular weight is 376 g/mol. The first-order valence-corrected chi connectivity index (χ1v) is 8.56. The lowest BCUT2D eigenvalue weighted by molar-refractivity contribution is -0.116. The van der Waals surface area contributed by atoms with Crippen molar-refractivity contribution in [2.75, 3.05) is 18.0 Å². The number of amides is 2. The number of carbonyl (C=O) groups is 2. The van der Waals surface area contributed by atoms with Gasteiger partial charge < -0.3 is 15.0 Å². The number of hydrogen-bond acceptors (Lipinski definition) is 3. The van der Waals surface area contributed by atoms with E-state index >= 15 is 0 Å².